The molecule has 2 aliphatic heterocycles. The number of hydrogen-bond donors (Lipinski definition) is 3. The van der Waals surface area contributed by atoms with E-state index in [4.69, 9.17) is 4.74 Å². The monoisotopic (exact) mass is 460 g/mol. The van der Waals surface area contributed by atoms with Gasteiger partial charge in [0.25, 0.3) is 5.91 Å². The number of pyridine rings is 2. The van der Waals surface area contributed by atoms with Gasteiger partial charge >= 0.3 is 0 Å². The van der Waals surface area contributed by atoms with Gasteiger partial charge in [-0.05, 0) is 37.3 Å². The maximum atomic E-state index is 14.6. The predicted molar refractivity (Wildman–Crippen MR) is 130 cm³/mol. The van der Waals surface area contributed by atoms with E-state index in [0.717, 1.165) is 37.7 Å². The van der Waals surface area contributed by atoms with E-state index in [1.807, 2.05) is 19.1 Å². The van der Waals surface area contributed by atoms with Crippen LogP contribution < -0.4 is 25.6 Å². The molecule has 0 bridgehead atoms. The van der Waals surface area contributed by atoms with E-state index in [0.29, 0.717) is 34.0 Å². The second-order valence-corrected chi connectivity index (χ2v) is 8.15. The van der Waals surface area contributed by atoms with E-state index in [-0.39, 0.29) is 11.5 Å². The van der Waals surface area contributed by atoms with Gasteiger partial charge in [0.1, 0.15) is 17.4 Å². The van der Waals surface area contributed by atoms with Crippen LogP contribution in [0, 0.1) is 5.82 Å². The van der Waals surface area contributed by atoms with Gasteiger partial charge in [-0.3, -0.25) is 9.78 Å². The minimum absolute atomic E-state index is 0.246. The largest absolute Gasteiger partial charge is 0.496 e. The Morgan fingerprint density at radius 3 is 2.71 bits per heavy atom. The Morgan fingerprint density at radius 1 is 1.15 bits per heavy atom. The number of nitrogens with one attached hydrogen (secondary N) is 3. The summed E-state index contributed by atoms with van der Waals surface area (Å²) in [6.45, 7) is 5.55. The lowest BCUT2D eigenvalue weighted by Crippen LogP contribution is -2.43. The zero-order chi connectivity index (χ0) is 23.7. The number of nitrogens with zero attached hydrogens (tertiary/aromatic N) is 3. The molecule has 9 heteroatoms. The first kappa shape index (κ1) is 21.8. The maximum absolute atomic E-state index is 14.6. The number of carbonyl (C=O) groups excluding carboxylic acids is 1. The molecule has 34 heavy (non-hydrogen) atoms. The number of ether oxygens (including phenoxy) is 1. The highest BCUT2D eigenvalue weighted by Gasteiger charge is 2.28. The molecule has 0 spiro atoms. The summed E-state index contributed by atoms with van der Waals surface area (Å²) in [7, 11) is 1.48. The van der Waals surface area contributed by atoms with Crippen LogP contribution in [0.3, 0.4) is 0 Å². The number of amides is 1. The highest BCUT2D eigenvalue weighted by atomic mass is 19.1. The maximum Gasteiger partial charge on any atom is 0.258 e. The lowest BCUT2D eigenvalue weighted by molar-refractivity contribution is -0.110. The van der Waals surface area contributed by atoms with E-state index in [2.05, 4.69) is 30.8 Å². The van der Waals surface area contributed by atoms with Gasteiger partial charge < -0.3 is 25.6 Å². The van der Waals surface area contributed by atoms with Gasteiger partial charge in [0, 0.05) is 37.4 Å². The van der Waals surface area contributed by atoms with Crippen LogP contribution >= 0.6 is 0 Å². The number of allylic oxidation sites excluding steroid dienone is 1. The summed E-state index contributed by atoms with van der Waals surface area (Å²) in [5, 5.41) is 9.45. The number of anilines is 3. The van der Waals surface area contributed by atoms with Crippen LogP contribution in [0.4, 0.5) is 21.6 Å². The molecule has 8 nitrogen and oxygen atoms in total. The number of carbonyl (C=O) groups is 1. The molecule has 1 saturated heterocycles. The number of hydrogen-bond acceptors (Lipinski definition) is 7. The van der Waals surface area contributed by atoms with Gasteiger partial charge in [-0.15, -0.1) is 0 Å². The number of piperazine rings is 1. The minimum atomic E-state index is -0.444. The Kier molecular flexibility index (Phi) is 5.85. The Morgan fingerprint density at radius 2 is 1.97 bits per heavy atom. The number of aromatic nitrogens is 2. The lowest BCUT2D eigenvalue weighted by Gasteiger charge is -2.28. The molecule has 1 amide bonds. The third kappa shape index (κ3) is 4.06. The lowest BCUT2D eigenvalue weighted by atomic mass is 10.0. The van der Waals surface area contributed by atoms with Crippen LogP contribution in [0.2, 0.25) is 0 Å². The van der Waals surface area contributed by atoms with Gasteiger partial charge in [-0.25, -0.2) is 9.37 Å². The predicted octanol–water partition coefficient (Wildman–Crippen LogP) is 3.50. The van der Waals surface area contributed by atoms with Crippen molar-refractivity contribution in [2.24, 2.45) is 0 Å². The molecule has 0 radical (unpaired) electrons. The molecule has 1 fully saturated rings. The van der Waals surface area contributed by atoms with Crippen LogP contribution in [0.1, 0.15) is 12.5 Å². The summed E-state index contributed by atoms with van der Waals surface area (Å²) in [5.41, 5.74) is 3.77. The normalized spacial score (nSPS) is 16.7. The average molecular weight is 461 g/mol. The van der Waals surface area contributed by atoms with Crippen LogP contribution in [0.25, 0.3) is 16.8 Å². The third-order valence-corrected chi connectivity index (χ3v) is 6.00. The molecule has 2 aromatic heterocycles. The number of fused-ring (bicyclic) bond motifs is 1. The summed E-state index contributed by atoms with van der Waals surface area (Å²) in [4.78, 5) is 24.0. The number of methoxy groups -OCH3 is 1. The first-order valence-corrected chi connectivity index (χ1v) is 11.1. The van der Waals surface area contributed by atoms with Crippen molar-refractivity contribution in [3.8, 4) is 17.0 Å². The highest BCUT2D eigenvalue weighted by molar-refractivity contribution is 6.32. The molecule has 5 rings (SSSR count). The molecule has 4 heterocycles. The van der Waals surface area contributed by atoms with Crippen molar-refractivity contribution in [2.75, 3.05) is 48.8 Å². The zero-order valence-electron chi connectivity index (χ0n) is 19.0. The fourth-order valence-electron chi connectivity index (χ4n) is 4.32. The van der Waals surface area contributed by atoms with Crippen LogP contribution in [0.15, 0.2) is 54.5 Å². The van der Waals surface area contributed by atoms with Crippen molar-refractivity contribution in [2.45, 2.75) is 6.92 Å². The van der Waals surface area contributed by atoms with Gasteiger partial charge in [-0.2, -0.15) is 0 Å². The van der Waals surface area contributed by atoms with Crippen LogP contribution in [0.5, 0.6) is 5.75 Å². The fourth-order valence-corrected chi connectivity index (χ4v) is 4.32. The zero-order valence-corrected chi connectivity index (χ0v) is 19.0. The molecule has 0 atom stereocenters. The fraction of sp³-hybridized carbons (Fsp3) is 0.240. The molecular formula is C25H25FN6O2. The van der Waals surface area contributed by atoms with Crippen molar-refractivity contribution >= 4 is 28.7 Å². The molecular weight excluding hydrogens is 435 g/mol. The third-order valence-electron chi connectivity index (χ3n) is 6.00. The molecule has 0 unspecified atom stereocenters. The molecule has 174 valence electrons. The summed E-state index contributed by atoms with van der Waals surface area (Å²) < 4.78 is 19.9. The second kappa shape index (κ2) is 9.11. The molecule has 2 aliphatic rings. The summed E-state index contributed by atoms with van der Waals surface area (Å²) in [5.74, 6) is 0.613. The molecule has 3 N–H and O–H groups in total. The van der Waals surface area contributed by atoms with E-state index in [1.54, 1.807) is 30.6 Å². The molecule has 1 aromatic carbocycles. The van der Waals surface area contributed by atoms with Crippen LogP contribution in [-0.2, 0) is 4.79 Å². The van der Waals surface area contributed by atoms with Gasteiger partial charge in [0.2, 0.25) is 0 Å². The summed E-state index contributed by atoms with van der Waals surface area (Å²) in [6, 6.07) is 10.2. The number of rotatable bonds is 5. The Hall–Kier alpha value is -3.98. The standard InChI is InChI=1S/C25H25FN6O2/c1-15(30-16-6-7-22(29-13-16)32-10-8-27-9-11-32)23-17-12-19(28-14-20(17)31-25(23)33)24-18(26)4-3-5-21(24)34-2/h3-7,12-14,27,30H,8-11H2,1-2H3,(H,31,33). The number of benzene rings is 1. The Labute approximate surface area is 196 Å². The van der Waals surface area contributed by atoms with Crippen molar-refractivity contribution in [3.63, 3.8) is 0 Å². The van der Waals surface area contributed by atoms with Gasteiger partial charge in [0.15, 0.2) is 0 Å². The van der Waals surface area contributed by atoms with Crippen molar-refractivity contribution in [1.82, 2.24) is 15.3 Å². The van der Waals surface area contributed by atoms with Gasteiger partial charge in [0.05, 0.1) is 47.7 Å². The highest BCUT2D eigenvalue weighted by Crippen LogP contribution is 2.38. The van der Waals surface area contributed by atoms with Crippen LogP contribution in [-0.4, -0.2) is 49.2 Å². The van der Waals surface area contributed by atoms with Gasteiger partial charge in [-0.1, -0.05) is 6.07 Å². The first-order chi connectivity index (χ1) is 16.5. The second-order valence-electron chi connectivity index (χ2n) is 8.15. The average Bonchev–Trinajstić information content (AvgIpc) is 3.19. The van der Waals surface area contributed by atoms with E-state index in [9.17, 15) is 9.18 Å². The Bertz CT molecular complexity index is 1270. The van der Waals surface area contributed by atoms with E-state index < -0.39 is 5.82 Å². The first-order valence-electron chi connectivity index (χ1n) is 11.1. The molecule has 3 aromatic rings. The smallest absolute Gasteiger partial charge is 0.258 e. The van der Waals surface area contributed by atoms with E-state index in [1.165, 1.54) is 13.2 Å². The summed E-state index contributed by atoms with van der Waals surface area (Å²) >= 11 is 0. The topological polar surface area (TPSA) is 91.4 Å². The quantitative estimate of drug-likeness (QED) is 0.502. The van der Waals surface area contributed by atoms with Crippen molar-refractivity contribution in [1.29, 1.82) is 0 Å². The SMILES string of the molecule is COc1cccc(F)c1-c1cc2c(cn1)NC(=O)C2=C(C)Nc1ccc(N2CCNCC2)nc1. The van der Waals surface area contributed by atoms with E-state index >= 15 is 0 Å². The summed E-state index contributed by atoms with van der Waals surface area (Å²) in [6.07, 6.45) is 3.30. The molecule has 0 saturated carbocycles. The number of halogens is 1. The Balaban J connectivity index is 1.45. The minimum Gasteiger partial charge on any atom is -0.496 e. The molecule has 0 aliphatic carbocycles. The van der Waals surface area contributed by atoms with Crippen molar-refractivity contribution < 1.29 is 13.9 Å². The van der Waals surface area contributed by atoms with Crippen molar-refractivity contribution in [3.05, 3.63) is 65.9 Å².